The summed E-state index contributed by atoms with van der Waals surface area (Å²) in [6, 6.07) is 7.77. The van der Waals surface area contributed by atoms with Gasteiger partial charge in [0.25, 0.3) is 0 Å². The lowest BCUT2D eigenvalue weighted by molar-refractivity contribution is 0.159. The minimum atomic E-state index is -3.06. The van der Waals surface area contributed by atoms with E-state index >= 15 is 0 Å². The smallest absolute Gasteiger partial charge is 0.211 e. The van der Waals surface area contributed by atoms with E-state index in [0.717, 1.165) is 30.9 Å². The van der Waals surface area contributed by atoms with Gasteiger partial charge in [-0.05, 0) is 17.7 Å². The third-order valence-corrected chi connectivity index (χ3v) is 4.91. The van der Waals surface area contributed by atoms with Crippen molar-refractivity contribution < 1.29 is 13.2 Å². The average Bonchev–Trinajstić information content (AvgIpc) is 2.47. The van der Waals surface area contributed by atoms with E-state index in [1.807, 2.05) is 24.3 Å². The number of hydrogen-bond donors (Lipinski definition) is 1. The van der Waals surface area contributed by atoms with Crippen LogP contribution in [0.5, 0.6) is 5.75 Å². The Kier molecular flexibility index (Phi) is 5.58. The van der Waals surface area contributed by atoms with E-state index in [9.17, 15) is 8.42 Å². The summed E-state index contributed by atoms with van der Waals surface area (Å²) >= 11 is 0. The van der Waals surface area contributed by atoms with Crippen LogP contribution in [0, 0.1) is 0 Å². The number of piperazine rings is 1. The normalized spacial score (nSPS) is 17.8. The SMILES string of the molecule is CS(=O)(=O)N1CCN(CCOc2cccc(CN)c2)CC1. The molecular weight excluding hydrogens is 290 g/mol. The lowest BCUT2D eigenvalue weighted by atomic mass is 10.2. The highest BCUT2D eigenvalue weighted by Crippen LogP contribution is 2.13. The predicted molar refractivity (Wildman–Crippen MR) is 82.7 cm³/mol. The molecule has 1 fully saturated rings. The van der Waals surface area contributed by atoms with Crippen LogP contribution in [0.2, 0.25) is 0 Å². The molecule has 0 radical (unpaired) electrons. The van der Waals surface area contributed by atoms with Gasteiger partial charge in [0.15, 0.2) is 0 Å². The van der Waals surface area contributed by atoms with E-state index in [1.165, 1.54) is 10.6 Å². The van der Waals surface area contributed by atoms with Crippen LogP contribution in [0.3, 0.4) is 0 Å². The maximum atomic E-state index is 11.4. The van der Waals surface area contributed by atoms with Gasteiger partial charge in [-0.15, -0.1) is 0 Å². The van der Waals surface area contributed by atoms with Crippen LogP contribution < -0.4 is 10.5 Å². The van der Waals surface area contributed by atoms with Crippen LogP contribution in [0.15, 0.2) is 24.3 Å². The molecule has 1 aromatic rings. The Bertz CT molecular complexity index is 554. The number of ether oxygens (including phenoxy) is 1. The van der Waals surface area contributed by atoms with Crippen molar-refractivity contribution >= 4 is 10.0 Å². The first kappa shape index (κ1) is 16.2. The van der Waals surface area contributed by atoms with Gasteiger partial charge in [-0.25, -0.2) is 8.42 Å². The Hall–Kier alpha value is -1.15. The molecule has 2 rings (SSSR count). The number of rotatable bonds is 6. The van der Waals surface area contributed by atoms with Gasteiger partial charge in [0.2, 0.25) is 10.0 Å². The van der Waals surface area contributed by atoms with Crippen LogP contribution >= 0.6 is 0 Å². The van der Waals surface area contributed by atoms with Gasteiger partial charge in [0, 0.05) is 39.3 Å². The van der Waals surface area contributed by atoms with Crippen molar-refractivity contribution in [2.24, 2.45) is 5.73 Å². The molecule has 0 aromatic heterocycles. The van der Waals surface area contributed by atoms with Crippen molar-refractivity contribution in [2.75, 3.05) is 45.6 Å². The maximum Gasteiger partial charge on any atom is 0.211 e. The summed E-state index contributed by atoms with van der Waals surface area (Å²) in [5, 5.41) is 0. The molecule has 0 amide bonds. The summed E-state index contributed by atoms with van der Waals surface area (Å²) in [6.45, 7) is 4.50. The third-order valence-electron chi connectivity index (χ3n) is 3.61. The second-order valence-corrected chi connectivity index (χ2v) is 7.19. The van der Waals surface area contributed by atoms with Gasteiger partial charge in [0.1, 0.15) is 12.4 Å². The Balaban J connectivity index is 1.72. The highest BCUT2D eigenvalue weighted by Gasteiger charge is 2.22. The van der Waals surface area contributed by atoms with Gasteiger partial charge in [0.05, 0.1) is 6.26 Å². The first-order chi connectivity index (χ1) is 9.99. The van der Waals surface area contributed by atoms with Crippen molar-refractivity contribution in [1.82, 2.24) is 9.21 Å². The van der Waals surface area contributed by atoms with Crippen molar-refractivity contribution in [3.63, 3.8) is 0 Å². The number of sulfonamides is 1. The molecule has 0 unspecified atom stereocenters. The predicted octanol–water partition coefficient (Wildman–Crippen LogP) is 0.101. The minimum absolute atomic E-state index is 0.505. The summed E-state index contributed by atoms with van der Waals surface area (Å²) in [6.07, 6.45) is 1.26. The van der Waals surface area contributed by atoms with E-state index in [2.05, 4.69) is 4.90 Å². The molecule has 2 N–H and O–H groups in total. The van der Waals surface area contributed by atoms with Gasteiger partial charge in [-0.2, -0.15) is 4.31 Å². The van der Waals surface area contributed by atoms with E-state index in [0.29, 0.717) is 26.2 Å². The largest absolute Gasteiger partial charge is 0.492 e. The Labute approximate surface area is 126 Å². The second kappa shape index (κ2) is 7.22. The molecule has 6 nitrogen and oxygen atoms in total. The summed E-state index contributed by atoms with van der Waals surface area (Å²) < 4.78 is 30.1. The van der Waals surface area contributed by atoms with Crippen molar-refractivity contribution in [3.05, 3.63) is 29.8 Å². The lowest BCUT2D eigenvalue weighted by Gasteiger charge is -2.33. The molecule has 0 spiro atoms. The first-order valence-electron chi connectivity index (χ1n) is 7.08. The molecule has 0 bridgehead atoms. The molecule has 0 saturated carbocycles. The third kappa shape index (κ3) is 4.96. The molecule has 1 aliphatic heterocycles. The number of nitrogens with zero attached hydrogens (tertiary/aromatic N) is 2. The van der Waals surface area contributed by atoms with Gasteiger partial charge < -0.3 is 10.5 Å². The molecular formula is C14H23N3O3S. The van der Waals surface area contributed by atoms with Crippen molar-refractivity contribution in [1.29, 1.82) is 0 Å². The standard InChI is InChI=1S/C14H23N3O3S/c1-21(18,19)17-7-5-16(6-8-17)9-10-20-14-4-2-3-13(11-14)12-15/h2-4,11H,5-10,12,15H2,1H3. The van der Waals surface area contributed by atoms with Crippen LogP contribution in [0.4, 0.5) is 0 Å². The van der Waals surface area contributed by atoms with Gasteiger partial charge in [-0.1, -0.05) is 12.1 Å². The highest BCUT2D eigenvalue weighted by atomic mass is 32.2. The Morgan fingerprint density at radius 1 is 1.24 bits per heavy atom. The molecule has 0 aliphatic carbocycles. The Morgan fingerprint density at radius 2 is 1.95 bits per heavy atom. The number of nitrogens with two attached hydrogens (primary N) is 1. The molecule has 1 heterocycles. The van der Waals surface area contributed by atoms with E-state index < -0.39 is 10.0 Å². The van der Waals surface area contributed by atoms with E-state index in [-0.39, 0.29) is 0 Å². The first-order valence-corrected chi connectivity index (χ1v) is 8.93. The fraction of sp³-hybridized carbons (Fsp3) is 0.571. The van der Waals surface area contributed by atoms with Crippen LogP contribution in [-0.4, -0.2) is 63.2 Å². The molecule has 1 aliphatic rings. The van der Waals surface area contributed by atoms with Crippen molar-refractivity contribution in [2.45, 2.75) is 6.54 Å². The zero-order valence-electron chi connectivity index (χ0n) is 12.4. The van der Waals surface area contributed by atoms with Crippen LogP contribution in [-0.2, 0) is 16.6 Å². The fourth-order valence-corrected chi connectivity index (χ4v) is 3.17. The Morgan fingerprint density at radius 3 is 2.57 bits per heavy atom. The van der Waals surface area contributed by atoms with Crippen LogP contribution in [0.1, 0.15) is 5.56 Å². The number of benzene rings is 1. The average molecular weight is 313 g/mol. The van der Waals surface area contributed by atoms with Gasteiger partial charge >= 0.3 is 0 Å². The second-order valence-electron chi connectivity index (χ2n) is 5.20. The summed E-state index contributed by atoms with van der Waals surface area (Å²) in [5.41, 5.74) is 6.65. The number of hydrogen-bond acceptors (Lipinski definition) is 5. The molecule has 1 saturated heterocycles. The van der Waals surface area contributed by atoms with Gasteiger partial charge in [-0.3, -0.25) is 4.90 Å². The minimum Gasteiger partial charge on any atom is -0.492 e. The highest BCUT2D eigenvalue weighted by molar-refractivity contribution is 7.88. The molecule has 118 valence electrons. The zero-order chi connectivity index (χ0) is 15.3. The zero-order valence-corrected chi connectivity index (χ0v) is 13.2. The summed E-state index contributed by atoms with van der Waals surface area (Å²) in [4.78, 5) is 2.22. The summed E-state index contributed by atoms with van der Waals surface area (Å²) in [7, 11) is -3.06. The maximum absolute atomic E-state index is 11.4. The molecule has 7 heteroatoms. The molecule has 0 atom stereocenters. The molecule has 1 aromatic carbocycles. The topological polar surface area (TPSA) is 75.9 Å². The van der Waals surface area contributed by atoms with Crippen molar-refractivity contribution in [3.8, 4) is 5.75 Å². The monoisotopic (exact) mass is 313 g/mol. The lowest BCUT2D eigenvalue weighted by Crippen LogP contribution is -2.49. The van der Waals surface area contributed by atoms with E-state index in [4.69, 9.17) is 10.5 Å². The summed E-state index contributed by atoms with van der Waals surface area (Å²) in [5.74, 6) is 0.827. The molecule has 21 heavy (non-hydrogen) atoms. The van der Waals surface area contributed by atoms with Crippen LogP contribution in [0.25, 0.3) is 0 Å². The quantitative estimate of drug-likeness (QED) is 0.806. The fourth-order valence-electron chi connectivity index (χ4n) is 2.34. The van der Waals surface area contributed by atoms with E-state index in [1.54, 1.807) is 0 Å².